The quantitative estimate of drug-likeness (QED) is 0.798. The second-order valence-corrected chi connectivity index (χ2v) is 4.34. The molecular formula is C12H17N3O. The third-order valence-corrected chi connectivity index (χ3v) is 3.09. The summed E-state index contributed by atoms with van der Waals surface area (Å²) in [5, 5.41) is 0. The topological polar surface area (TPSA) is 59.2 Å². The monoisotopic (exact) mass is 219 g/mol. The molecular weight excluding hydrogens is 202 g/mol. The fourth-order valence-electron chi connectivity index (χ4n) is 2.04. The molecule has 2 N–H and O–H groups in total. The molecule has 1 fully saturated rings. The van der Waals surface area contributed by atoms with Crippen molar-refractivity contribution in [2.24, 2.45) is 5.73 Å². The van der Waals surface area contributed by atoms with Crippen LogP contribution < -0.4 is 5.73 Å². The molecule has 4 nitrogen and oxygen atoms in total. The maximum absolute atomic E-state index is 12.1. The Labute approximate surface area is 95.5 Å². The Balaban J connectivity index is 2.05. The molecule has 0 aliphatic carbocycles. The minimum absolute atomic E-state index is 0.126. The average Bonchev–Trinajstić information content (AvgIpc) is 2.75. The van der Waals surface area contributed by atoms with Gasteiger partial charge in [0.25, 0.3) is 0 Å². The summed E-state index contributed by atoms with van der Waals surface area (Å²) in [6.45, 7) is 3.39. The first-order valence-electron chi connectivity index (χ1n) is 5.63. The summed E-state index contributed by atoms with van der Waals surface area (Å²) < 4.78 is 0. The molecule has 1 aromatic heterocycles. The van der Waals surface area contributed by atoms with E-state index in [1.807, 2.05) is 24.0 Å². The lowest BCUT2D eigenvalue weighted by Gasteiger charge is -2.20. The van der Waals surface area contributed by atoms with Gasteiger partial charge in [-0.15, -0.1) is 0 Å². The molecule has 2 heterocycles. The van der Waals surface area contributed by atoms with Crippen molar-refractivity contribution in [3.63, 3.8) is 0 Å². The maximum Gasteiger partial charge on any atom is 0.229 e. The highest BCUT2D eigenvalue weighted by molar-refractivity contribution is 5.83. The number of amides is 1. The molecule has 0 bridgehead atoms. The van der Waals surface area contributed by atoms with E-state index in [0.717, 1.165) is 18.5 Å². The Morgan fingerprint density at radius 1 is 1.69 bits per heavy atom. The van der Waals surface area contributed by atoms with Crippen LogP contribution in [0.25, 0.3) is 0 Å². The highest BCUT2D eigenvalue weighted by Crippen LogP contribution is 2.19. The van der Waals surface area contributed by atoms with Crippen molar-refractivity contribution >= 4 is 5.91 Å². The van der Waals surface area contributed by atoms with Gasteiger partial charge in [0, 0.05) is 31.5 Å². The Kier molecular flexibility index (Phi) is 3.19. The molecule has 0 saturated carbocycles. The lowest BCUT2D eigenvalue weighted by atomic mass is 10.0. The van der Waals surface area contributed by atoms with Gasteiger partial charge in [-0.05, 0) is 25.0 Å². The number of rotatable bonds is 2. The summed E-state index contributed by atoms with van der Waals surface area (Å²) in [5.41, 5.74) is 6.76. The van der Waals surface area contributed by atoms with Gasteiger partial charge in [0.1, 0.15) is 0 Å². The molecule has 1 unspecified atom stereocenters. The third-order valence-electron chi connectivity index (χ3n) is 3.09. The zero-order valence-corrected chi connectivity index (χ0v) is 9.47. The Morgan fingerprint density at radius 2 is 2.50 bits per heavy atom. The van der Waals surface area contributed by atoms with Crippen LogP contribution in [0.1, 0.15) is 24.8 Å². The molecule has 1 aliphatic rings. The van der Waals surface area contributed by atoms with Crippen LogP contribution >= 0.6 is 0 Å². The van der Waals surface area contributed by atoms with Crippen LogP contribution in [0.3, 0.4) is 0 Å². The van der Waals surface area contributed by atoms with Crippen LogP contribution in [0.2, 0.25) is 0 Å². The van der Waals surface area contributed by atoms with E-state index < -0.39 is 0 Å². The Morgan fingerprint density at radius 3 is 3.06 bits per heavy atom. The zero-order valence-electron chi connectivity index (χ0n) is 9.47. The summed E-state index contributed by atoms with van der Waals surface area (Å²) >= 11 is 0. The van der Waals surface area contributed by atoms with Gasteiger partial charge in [0.05, 0.1) is 5.92 Å². The van der Waals surface area contributed by atoms with Gasteiger partial charge in [0.15, 0.2) is 0 Å². The largest absolute Gasteiger partial charge is 0.341 e. The molecule has 0 spiro atoms. The van der Waals surface area contributed by atoms with Crippen LogP contribution in [0.4, 0.5) is 0 Å². The zero-order chi connectivity index (χ0) is 11.5. The number of pyridine rings is 1. The average molecular weight is 219 g/mol. The molecule has 4 heteroatoms. The molecule has 16 heavy (non-hydrogen) atoms. The molecule has 0 aromatic carbocycles. The molecule has 1 aromatic rings. The van der Waals surface area contributed by atoms with Crippen molar-refractivity contribution in [2.45, 2.75) is 25.3 Å². The second kappa shape index (κ2) is 4.61. The Hall–Kier alpha value is -1.42. The number of carbonyl (C=O) groups excluding carboxylic acids is 1. The van der Waals surface area contributed by atoms with Gasteiger partial charge in [-0.2, -0.15) is 0 Å². The smallest absolute Gasteiger partial charge is 0.229 e. The summed E-state index contributed by atoms with van der Waals surface area (Å²) in [6, 6.07) is 3.94. The fourth-order valence-corrected chi connectivity index (χ4v) is 2.04. The van der Waals surface area contributed by atoms with Gasteiger partial charge >= 0.3 is 0 Å². The molecule has 86 valence electrons. The Bertz CT molecular complexity index is 366. The van der Waals surface area contributed by atoms with E-state index in [4.69, 9.17) is 5.73 Å². The first-order chi connectivity index (χ1) is 7.68. The maximum atomic E-state index is 12.1. The summed E-state index contributed by atoms with van der Waals surface area (Å²) in [6.07, 6.45) is 4.37. The number of hydrogen-bond donors (Lipinski definition) is 1. The van der Waals surface area contributed by atoms with Crippen LogP contribution in [-0.4, -0.2) is 34.9 Å². The van der Waals surface area contributed by atoms with E-state index in [2.05, 4.69) is 4.98 Å². The minimum Gasteiger partial charge on any atom is -0.341 e. The van der Waals surface area contributed by atoms with Crippen molar-refractivity contribution < 1.29 is 4.79 Å². The van der Waals surface area contributed by atoms with E-state index in [9.17, 15) is 4.79 Å². The van der Waals surface area contributed by atoms with E-state index in [1.54, 1.807) is 12.4 Å². The summed E-state index contributed by atoms with van der Waals surface area (Å²) in [4.78, 5) is 18.0. The standard InChI is InChI=1S/C12H17N3O/c1-9(10-3-2-5-14-7-10)12(16)15-6-4-11(13)8-15/h2-3,5,7,9,11H,4,6,8,13H2,1H3/t9?,11-/m1/s1. The molecule has 1 aliphatic heterocycles. The van der Waals surface area contributed by atoms with Gasteiger partial charge in [-0.25, -0.2) is 0 Å². The molecule has 1 saturated heterocycles. The van der Waals surface area contributed by atoms with Crippen LogP contribution in [0, 0.1) is 0 Å². The van der Waals surface area contributed by atoms with Crippen molar-refractivity contribution in [2.75, 3.05) is 13.1 Å². The van der Waals surface area contributed by atoms with Gasteiger partial charge in [0.2, 0.25) is 5.91 Å². The van der Waals surface area contributed by atoms with Crippen molar-refractivity contribution in [3.05, 3.63) is 30.1 Å². The molecule has 2 rings (SSSR count). The first-order valence-corrected chi connectivity index (χ1v) is 5.63. The lowest BCUT2D eigenvalue weighted by molar-refractivity contribution is -0.131. The van der Waals surface area contributed by atoms with Crippen LogP contribution in [0.15, 0.2) is 24.5 Å². The van der Waals surface area contributed by atoms with Crippen molar-refractivity contribution in [1.29, 1.82) is 0 Å². The number of aromatic nitrogens is 1. The van der Waals surface area contributed by atoms with Crippen LogP contribution in [0.5, 0.6) is 0 Å². The highest BCUT2D eigenvalue weighted by atomic mass is 16.2. The number of hydrogen-bond acceptors (Lipinski definition) is 3. The number of carbonyl (C=O) groups is 1. The number of nitrogens with zero attached hydrogens (tertiary/aromatic N) is 2. The number of likely N-dealkylation sites (tertiary alicyclic amines) is 1. The predicted octanol–water partition coefficient (Wildman–Crippen LogP) is 0.745. The van der Waals surface area contributed by atoms with Gasteiger partial charge in [-0.1, -0.05) is 6.07 Å². The van der Waals surface area contributed by atoms with Gasteiger partial charge < -0.3 is 10.6 Å². The summed E-state index contributed by atoms with van der Waals surface area (Å²) in [5.74, 6) is 0.0277. The van der Waals surface area contributed by atoms with Crippen molar-refractivity contribution in [1.82, 2.24) is 9.88 Å². The van der Waals surface area contributed by atoms with Crippen molar-refractivity contribution in [3.8, 4) is 0 Å². The van der Waals surface area contributed by atoms with E-state index in [1.165, 1.54) is 0 Å². The van der Waals surface area contributed by atoms with E-state index >= 15 is 0 Å². The second-order valence-electron chi connectivity index (χ2n) is 4.34. The van der Waals surface area contributed by atoms with E-state index in [0.29, 0.717) is 6.54 Å². The molecule has 0 radical (unpaired) electrons. The highest BCUT2D eigenvalue weighted by Gasteiger charge is 2.27. The lowest BCUT2D eigenvalue weighted by Crippen LogP contribution is -2.34. The normalized spacial score (nSPS) is 22.1. The minimum atomic E-state index is -0.126. The molecule has 1 amide bonds. The third kappa shape index (κ3) is 2.22. The van der Waals surface area contributed by atoms with E-state index in [-0.39, 0.29) is 17.9 Å². The fraction of sp³-hybridized carbons (Fsp3) is 0.500. The summed E-state index contributed by atoms with van der Waals surface area (Å²) in [7, 11) is 0. The SMILES string of the molecule is CC(C(=O)N1CC[C@@H](N)C1)c1cccnc1. The number of nitrogens with two attached hydrogens (primary N) is 1. The molecule has 2 atom stereocenters. The van der Waals surface area contributed by atoms with Crippen LogP contribution in [-0.2, 0) is 4.79 Å². The predicted molar refractivity (Wildman–Crippen MR) is 61.8 cm³/mol. The first kappa shape index (κ1) is 11.1. The van der Waals surface area contributed by atoms with Gasteiger partial charge in [-0.3, -0.25) is 9.78 Å².